The van der Waals surface area contributed by atoms with Crippen molar-refractivity contribution in [2.24, 2.45) is 0 Å². The maximum atomic E-state index is 13.9. The number of nitro benzene ring substituents is 1. The Hall–Kier alpha value is -3.56. The topological polar surface area (TPSA) is 103 Å². The summed E-state index contributed by atoms with van der Waals surface area (Å²) < 4.78 is 19.6. The highest BCUT2D eigenvalue weighted by Gasteiger charge is 2.18. The number of nitrogens with zero attached hydrogens (tertiary/aromatic N) is 4. The van der Waals surface area contributed by atoms with Crippen LogP contribution in [0, 0.1) is 15.9 Å². The zero-order valence-electron chi connectivity index (χ0n) is 15.7. The van der Waals surface area contributed by atoms with E-state index < -0.39 is 16.4 Å². The Bertz CT molecular complexity index is 1240. The molecular formula is C20H14Cl2FN5O3. The van der Waals surface area contributed by atoms with E-state index in [1.165, 1.54) is 6.33 Å². The van der Waals surface area contributed by atoms with Crippen molar-refractivity contribution in [1.82, 2.24) is 15.0 Å². The number of nitrogens with one attached hydrogen (secondary N) is 1. The van der Waals surface area contributed by atoms with Crippen LogP contribution in [0.3, 0.4) is 0 Å². The first-order chi connectivity index (χ1) is 14.5. The molecule has 2 heterocycles. The van der Waals surface area contributed by atoms with Crippen LogP contribution in [0.1, 0.15) is 5.69 Å². The van der Waals surface area contributed by atoms with Gasteiger partial charge in [-0.3, -0.25) is 15.1 Å². The lowest BCUT2D eigenvalue weighted by Crippen LogP contribution is -2.00. The van der Waals surface area contributed by atoms with E-state index in [2.05, 4.69) is 20.3 Å². The first-order valence-electron chi connectivity index (χ1n) is 8.69. The van der Waals surface area contributed by atoms with E-state index in [9.17, 15) is 14.5 Å². The zero-order valence-corrected chi connectivity index (χ0v) is 17.2. The SMILES string of the molecule is Cl.O=[N+]([O-])c1cc2c(Nc3ccc(OCc4ccccn4)c(Cl)c3)ncnc2cc1F. The lowest BCUT2D eigenvalue weighted by Gasteiger charge is -2.11. The number of rotatable bonds is 6. The second-order valence-electron chi connectivity index (χ2n) is 6.18. The quantitative estimate of drug-likeness (QED) is 0.299. The molecule has 11 heteroatoms. The van der Waals surface area contributed by atoms with Gasteiger partial charge in [0.25, 0.3) is 0 Å². The molecule has 4 aromatic rings. The van der Waals surface area contributed by atoms with Crippen LogP contribution >= 0.6 is 24.0 Å². The van der Waals surface area contributed by atoms with Crippen molar-refractivity contribution in [2.45, 2.75) is 6.61 Å². The molecule has 8 nitrogen and oxygen atoms in total. The molecule has 0 bridgehead atoms. The third-order valence-electron chi connectivity index (χ3n) is 4.20. The second kappa shape index (κ2) is 9.50. The van der Waals surface area contributed by atoms with Crippen LogP contribution in [0.4, 0.5) is 21.6 Å². The van der Waals surface area contributed by atoms with Crippen molar-refractivity contribution in [3.63, 3.8) is 0 Å². The van der Waals surface area contributed by atoms with Gasteiger partial charge in [-0.2, -0.15) is 4.39 Å². The number of aromatic nitrogens is 3. The Kier molecular flexibility index (Phi) is 6.78. The molecule has 0 aliphatic rings. The maximum Gasteiger partial charge on any atom is 0.305 e. The van der Waals surface area contributed by atoms with Crippen LogP contribution in [-0.2, 0) is 6.61 Å². The summed E-state index contributed by atoms with van der Waals surface area (Å²) in [6.07, 6.45) is 2.91. The van der Waals surface area contributed by atoms with E-state index in [0.29, 0.717) is 21.8 Å². The summed E-state index contributed by atoms with van der Waals surface area (Å²) >= 11 is 6.31. The lowest BCUT2D eigenvalue weighted by atomic mass is 10.2. The molecule has 0 amide bonds. The molecule has 0 radical (unpaired) electrons. The van der Waals surface area contributed by atoms with Gasteiger partial charge in [0, 0.05) is 24.0 Å². The minimum Gasteiger partial charge on any atom is -0.486 e. The molecule has 0 aliphatic heterocycles. The van der Waals surface area contributed by atoms with Gasteiger partial charge in [0.1, 0.15) is 24.5 Å². The van der Waals surface area contributed by atoms with Gasteiger partial charge in [-0.05, 0) is 30.3 Å². The average Bonchev–Trinajstić information content (AvgIpc) is 2.73. The van der Waals surface area contributed by atoms with Crippen LogP contribution in [-0.4, -0.2) is 19.9 Å². The van der Waals surface area contributed by atoms with Gasteiger partial charge < -0.3 is 10.1 Å². The van der Waals surface area contributed by atoms with E-state index in [-0.39, 0.29) is 30.3 Å². The third-order valence-corrected chi connectivity index (χ3v) is 4.49. The highest BCUT2D eigenvalue weighted by atomic mass is 35.5. The number of halogens is 3. The van der Waals surface area contributed by atoms with Crippen molar-refractivity contribution in [3.05, 3.63) is 87.7 Å². The molecule has 2 aromatic carbocycles. The molecule has 0 atom stereocenters. The summed E-state index contributed by atoms with van der Waals surface area (Å²) in [5.74, 6) is -0.214. The second-order valence-corrected chi connectivity index (χ2v) is 6.59. The number of fused-ring (bicyclic) bond motifs is 1. The van der Waals surface area contributed by atoms with Crippen LogP contribution in [0.5, 0.6) is 5.75 Å². The maximum absolute atomic E-state index is 13.9. The van der Waals surface area contributed by atoms with Gasteiger partial charge in [0.05, 0.1) is 26.5 Å². The highest BCUT2D eigenvalue weighted by molar-refractivity contribution is 6.32. The number of hydrogen-bond donors (Lipinski definition) is 1. The fourth-order valence-corrected chi connectivity index (χ4v) is 3.01. The normalized spacial score (nSPS) is 10.4. The number of ether oxygens (including phenoxy) is 1. The fraction of sp³-hybridized carbons (Fsp3) is 0.0500. The van der Waals surface area contributed by atoms with Crippen LogP contribution < -0.4 is 10.1 Å². The fourth-order valence-electron chi connectivity index (χ4n) is 2.77. The molecule has 0 spiro atoms. The smallest absolute Gasteiger partial charge is 0.305 e. The van der Waals surface area contributed by atoms with Gasteiger partial charge >= 0.3 is 5.69 Å². The Balaban J connectivity index is 0.00000272. The predicted molar refractivity (Wildman–Crippen MR) is 117 cm³/mol. The summed E-state index contributed by atoms with van der Waals surface area (Å²) in [6, 6.07) is 12.6. The van der Waals surface area contributed by atoms with E-state index in [4.69, 9.17) is 16.3 Å². The van der Waals surface area contributed by atoms with Crippen LogP contribution in [0.2, 0.25) is 5.02 Å². The molecule has 0 fully saturated rings. The Labute approximate surface area is 186 Å². The largest absolute Gasteiger partial charge is 0.486 e. The monoisotopic (exact) mass is 461 g/mol. The Morgan fingerprint density at radius 1 is 1.13 bits per heavy atom. The summed E-state index contributed by atoms with van der Waals surface area (Å²) in [4.78, 5) is 22.5. The standard InChI is InChI=1S/C20H13ClFN5O3.ClH/c21-15-7-12(4-5-19(15)30-10-13-3-1-2-6-23-13)26-20-14-8-18(27(28)29)16(22)9-17(14)24-11-25-20;/h1-9,11H,10H2,(H,24,25,26);1H. The summed E-state index contributed by atoms with van der Waals surface area (Å²) in [5, 5.41) is 14.7. The van der Waals surface area contributed by atoms with Crippen molar-refractivity contribution >= 4 is 52.1 Å². The van der Waals surface area contributed by atoms with Gasteiger partial charge in [-0.1, -0.05) is 17.7 Å². The van der Waals surface area contributed by atoms with Crippen molar-refractivity contribution < 1.29 is 14.1 Å². The van der Waals surface area contributed by atoms with Crippen LogP contribution in [0.25, 0.3) is 10.9 Å². The Morgan fingerprint density at radius 2 is 1.97 bits per heavy atom. The first kappa shape index (κ1) is 22.1. The van der Waals surface area contributed by atoms with Gasteiger partial charge in [-0.25, -0.2) is 9.97 Å². The third kappa shape index (κ3) is 4.96. The predicted octanol–water partition coefficient (Wildman–Crippen LogP) is 5.47. The zero-order chi connectivity index (χ0) is 21.1. The molecule has 0 aliphatic carbocycles. The average molecular weight is 462 g/mol. The van der Waals surface area contributed by atoms with E-state index >= 15 is 0 Å². The van der Waals surface area contributed by atoms with Crippen molar-refractivity contribution in [1.29, 1.82) is 0 Å². The van der Waals surface area contributed by atoms with E-state index in [1.807, 2.05) is 18.2 Å². The van der Waals surface area contributed by atoms with Gasteiger partial charge in [-0.15, -0.1) is 12.4 Å². The molecular weight excluding hydrogens is 448 g/mol. The molecule has 158 valence electrons. The molecule has 0 saturated carbocycles. The number of hydrogen-bond acceptors (Lipinski definition) is 7. The first-order valence-corrected chi connectivity index (χ1v) is 9.07. The summed E-state index contributed by atoms with van der Waals surface area (Å²) in [6.45, 7) is 0.263. The molecule has 0 saturated heterocycles. The van der Waals surface area contributed by atoms with Crippen LogP contribution in [0.15, 0.2) is 61.1 Å². The van der Waals surface area contributed by atoms with Gasteiger partial charge in [0.2, 0.25) is 5.82 Å². The number of nitro groups is 1. The lowest BCUT2D eigenvalue weighted by molar-refractivity contribution is -0.387. The molecule has 4 rings (SSSR count). The molecule has 1 N–H and O–H groups in total. The number of benzene rings is 2. The molecule has 31 heavy (non-hydrogen) atoms. The molecule has 2 aromatic heterocycles. The van der Waals surface area contributed by atoms with Crippen molar-refractivity contribution in [2.75, 3.05) is 5.32 Å². The summed E-state index contributed by atoms with van der Waals surface area (Å²) in [7, 11) is 0. The minimum absolute atomic E-state index is 0. The van der Waals surface area contributed by atoms with E-state index in [0.717, 1.165) is 17.8 Å². The number of anilines is 2. The summed E-state index contributed by atoms with van der Waals surface area (Å²) in [5.41, 5.74) is 0.905. The van der Waals surface area contributed by atoms with Crippen molar-refractivity contribution in [3.8, 4) is 5.75 Å². The number of pyridine rings is 1. The van der Waals surface area contributed by atoms with E-state index in [1.54, 1.807) is 24.4 Å². The molecule has 0 unspecified atom stereocenters. The highest BCUT2D eigenvalue weighted by Crippen LogP contribution is 2.32. The van der Waals surface area contributed by atoms with Gasteiger partial charge in [0.15, 0.2) is 0 Å². The Morgan fingerprint density at radius 3 is 2.68 bits per heavy atom. The minimum atomic E-state index is -0.963.